The number of aliphatic carboxylic acids is 1. The topological polar surface area (TPSA) is 57.5 Å². The molecule has 0 heterocycles. The zero-order valence-corrected chi connectivity index (χ0v) is 8.43. The predicted octanol–water partition coefficient (Wildman–Crippen LogP) is -1.32. The maximum atomic E-state index is 9.12. The van der Waals surface area contributed by atoms with Crippen LogP contribution in [0.15, 0.2) is 0 Å². The first kappa shape index (κ1) is 10.3. The molecule has 0 aromatic carbocycles. The van der Waals surface area contributed by atoms with Gasteiger partial charge in [-0.1, -0.05) is 0 Å². The van der Waals surface area contributed by atoms with E-state index in [9.17, 15) is 0 Å². The Morgan fingerprint density at radius 3 is 1.83 bits per heavy atom. The van der Waals surface area contributed by atoms with Crippen LogP contribution >= 0.6 is 0 Å². The van der Waals surface area contributed by atoms with E-state index in [-0.39, 0.29) is 58.2 Å². The zero-order valence-electron chi connectivity index (χ0n) is 3.51. The van der Waals surface area contributed by atoms with Crippen molar-refractivity contribution < 1.29 is 15.0 Å². The second-order valence-corrected chi connectivity index (χ2v) is 0.552. The smallest absolute Gasteiger partial charge is 0.329 e. The van der Waals surface area contributed by atoms with Gasteiger partial charge in [0.1, 0.15) is 6.61 Å². The summed E-state index contributed by atoms with van der Waals surface area (Å²) in [6, 6.07) is 0. The van der Waals surface area contributed by atoms with Gasteiger partial charge in [0.2, 0.25) is 0 Å². The SMILES string of the molecule is O=C(O)CO.[Rb]. The molecule has 0 unspecified atom stereocenters. The molecule has 0 aliphatic carbocycles. The Balaban J connectivity index is 0. The number of carbonyl (C=O) groups is 1. The van der Waals surface area contributed by atoms with E-state index in [0.29, 0.717) is 0 Å². The third-order valence-corrected chi connectivity index (χ3v) is 0.135. The van der Waals surface area contributed by atoms with Crippen LogP contribution in [0.4, 0.5) is 0 Å². The zero-order chi connectivity index (χ0) is 4.28. The molecule has 0 rings (SSSR count). The van der Waals surface area contributed by atoms with Gasteiger partial charge in [-0.25, -0.2) is 4.79 Å². The quantitative estimate of drug-likeness (QED) is 0.502. The molecule has 0 spiro atoms. The minimum Gasteiger partial charge on any atom is -0.480 e. The minimum absolute atomic E-state index is 0. The van der Waals surface area contributed by atoms with Crippen molar-refractivity contribution >= 4 is 64.2 Å². The summed E-state index contributed by atoms with van der Waals surface area (Å²) in [5.41, 5.74) is 0. The van der Waals surface area contributed by atoms with Crippen molar-refractivity contribution in [1.29, 1.82) is 0 Å². The Morgan fingerprint density at radius 1 is 1.67 bits per heavy atom. The third kappa shape index (κ3) is 8.97. The van der Waals surface area contributed by atoms with Crippen molar-refractivity contribution in [3.8, 4) is 0 Å². The maximum Gasteiger partial charge on any atom is 0.329 e. The normalized spacial score (nSPS) is 6.17. The second-order valence-electron chi connectivity index (χ2n) is 0.552. The average molecular weight is 162 g/mol. The minimum atomic E-state index is -1.19. The Morgan fingerprint density at radius 2 is 1.83 bits per heavy atom. The molecule has 0 aromatic rings. The molecule has 0 fully saturated rings. The van der Waals surface area contributed by atoms with Gasteiger partial charge in [0.15, 0.2) is 0 Å². The monoisotopic (exact) mass is 161 g/mol. The predicted molar refractivity (Wildman–Crippen MR) is 20.5 cm³/mol. The molecule has 0 amide bonds. The standard InChI is InChI=1S/C2H4O3.Rb/c3-1-2(4)5;/h3H,1H2,(H,4,5);. The number of rotatable bonds is 1. The van der Waals surface area contributed by atoms with Crippen LogP contribution in [-0.4, -0.2) is 81.0 Å². The molecular weight excluding hydrogens is 157 g/mol. The first-order valence-electron chi connectivity index (χ1n) is 1.10. The first-order valence-corrected chi connectivity index (χ1v) is 1.10. The van der Waals surface area contributed by atoms with Gasteiger partial charge >= 0.3 is 5.97 Å². The number of aliphatic hydroxyl groups is 1. The van der Waals surface area contributed by atoms with Gasteiger partial charge in [0, 0.05) is 58.2 Å². The van der Waals surface area contributed by atoms with Crippen LogP contribution in [-0.2, 0) is 4.79 Å². The molecule has 2 N–H and O–H groups in total. The van der Waals surface area contributed by atoms with Crippen LogP contribution in [0.5, 0.6) is 0 Å². The van der Waals surface area contributed by atoms with Crippen LogP contribution in [0.3, 0.4) is 0 Å². The molecule has 0 bridgehead atoms. The van der Waals surface area contributed by atoms with Crippen molar-refractivity contribution in [3.63, 3.8) is 0 Å². The van der Waals surface area contributed by atoms with Gasteiger partial charge in [-0.3, -0.25) is 0 Å². The van der Waals surface area contributed by atoms with E-state index in [0.717, 1.165) is 0 Å². The van der Waals surface area contributed by atoms with Crippen molar-refractivity contribution in [2.24, 2.45) is 0 Å². The fraction of sp³-hybridized carbons (Fsp3) is 0.500. The second kappa shape index (κ2) is 6.24. The molecule has 0 atom stereocenters. The van der Waals surface area contributed by atoms with Crippen molar-refractivity contribution in [3.05, 3.63) is 0 Å². The van der Waals surface area contributed by atoms with Gasteiger partial charge < -0.3 is 10.2 Å². The molecular formula is C2H4O3Rb. The van der Waals surface area contributed by atoms with E-state index in [1.807, 2.05) is 0 Å². The summed E-state index contributed by atoms with van der Waals surface area (Å²) in [6.07, 6.45) is 0. The van der Waals surface area contributed by atoms with Gasteiger partial charge in [0.05, 0.1) is 0 Å². The summed E-state index contributed by atoms with van der Waals surface area (Å²) in [4.78, 5) is 9.12. The summed E-state index contributed by atoms with van der Waals surface area (Å²) in [5.74, 6) is -1.19. The number of carboxylic acid groups (broad SMARTS) is 1. The van der Waals surface area contributed by atoms with E-state index in [2.05, 4.69) is 0 Å². The van der Waals surface area contributed by atoms with E-state index in [1.165, 1.54) is 0 Å². The van der Waals surface area contributed by atoms with Crippen LogP contribution in [0, 0.1) is 0 Å². The maximum absolute atomic E-state index is 9.12. The Hall–Kier alpha value is 1.24. The van der Waals surface area contributed by atoms with Gasteiger partial charge in [0.25, 0.3) is 0 Å². The van der Waals surface area contributed by atoms with Gasteiger partial charge in [-0.15, -0.1) is 0 Å². The number of hydrogen-bond donors (Lipinski definition) is 2. The number of carboxylic acids is 1. The summed E-state index contributed by atoms with van der Waals surface area (Å²) >= 11 is 0. The fourth-order valence-corrected chi connectivity index (χ4v) is 0. The average Bonchev–Trinajstić information content (AvgIpc) is 1.38. The molecule has 6 heavy (non-hydrogen) atoms. The molecule has 31 valence electrons. The number of hydrogen-bond acceptors (Lipinski definition) is 2. The summed E-state index contributed by atoms with van der Waals surface area (Å²) in [6.45, 7) is -0.778. The summed E-state index contributed by atoms with van der Waals surface area (Å²) < 4.78 is 0. The molecule has 4 heteroatoms. The molecule has 0 saturated heterocycles. The van der Waals surface area contributed by atoms with Crippen LogP contribution in [0.25, 0.3) is 0 Å². The molecule has 0 aliphatic heterocycles. The van der Waals surface area contributed by atoms with Crippen LogP contribution in [0.2, 0.25) is 0 Å². The number of aliphatic hydroxyl groups excluding tert-OH is 1. The van der Waals surface area contributed by atoms with E-state index >= 15 is 0 Å². The molecule has 0 saturated carbocycles. The van der Waals surface area contributed by atoms with Crippen LogP contribution < -0.4 is 0 Å². The van der Waals surface area contributed by atoms with E-state index in [1.54, 1.807) is 0 Å². The Kier molecular flexibility index (Phi) is 10.7. The third-order valence-electron chi connectivity index (χ3n) is 0.135. The fourth-order valence-electron chi connectivity index (χ4n) is 0. The first-order chi connectivity index (χ1) is 2.27. The molecule has 3 nitrogen and oxygen atoms in total. The Labute approximate surface area is 84.1 Å². The molecule has 0 aromatic heterocycles. The largest absolute Gasteiger partial charge is 0.480 e. The van der Waals surface area contributed by atoms with Crippen molar-refractivity contribution in [2.75, 3.05) is 6.61 Å². The van der Waals surface area contributed by atoms with E-state index < -0.39 is 12.6 Å². The van der Waals surface area contributed by atoms with Crippen LogP contribution in [0.1, 0.15) is 0 Å². The van der Waals surface area contributed by atoms with Crippen molar-refractivity contribution in [1.82, 2.24) is 0 Å². The molecule has 1 radical (unpaired) electrons. The summed E-state index contributed by atoms with van der Waals surface area (Å²) in [5, 5.41) is 15.0. The molecule has 0 aliphatic rings. The van der Waals surface area contributed by atoms with Gasteiger partial charge in [-0.05, 0) is 0 Å². The van der Waals surface area contributed by atoms with Gasteiger partial charge in [-0.2, -0.15) is 0 Å². The van der Waals surface area contributed by atoms with Crippen molar-refractivity contribution in [2.45, 2.75) is 0 Å². The van der Waals surface area contributed by atoms with E-state index in [4.69, 9.17) is 15.0 Å². The summed E-state index contributed by atoms with van der Waals surface area (Å²) in [7, 11) is 0. The Bertz CT molecular complexity index is 44.1.